The van der Waals surface area contributed by atoms with Gasteiger partial charge in [0.1, 0.15) is 0 Å². The maximum atomic E-state index is 9.54. The van der Waals surface area contributed by atoms with Crippen molar-refractivity contribution in [3.63, 3.8) is 0 Å². The van der Waals surface area contributed by atoms with Gasteiger partial charge in [-0.25, -0.2) is 0 Å². The van der Waals surface area contributed by atoms with Gasteiger partial charge in [-0.2, -0.15) is 0 Å². The van der Waals surface area contributed by atoms with Gasteiger partial charge >= 0.3 is 0 Å². The van der Waals surface area contributed by atoms with E-state index in [1.165, 1.54) is 45.1 Å². The normalized spacial score (nSPS) is 42.9. The quantitative estimate of drug-likeness (QED) is 0.813. The minimum absolute atomic E-state index is 0.312. The highest BCUT2D eigenvalue weighted by Crippen LogP contribution is 2.56. The van der Waals surface area contributed by atoms with Gasteiger partial charge in [-0.05, 0) is 49.4 Å². The Hall–Kier alpha value is -0.120. The molecule has 3 heteroatoms. The summed E-state index contributed by atoms with van der Waals surface area (Å²) in [4.78, 5) is 2.60. The van der Waals surface area contributed by atoms with Crippen LogP contribution in [0.5, 0.6) is 0 Å². The summed E-state index contributed by atoms with van der Waals surface area (Å²) in [7, 11) is 0. The van der Waals surface area contributed by atoms with Gasteiger partial charge in [-0.1, -0.05) is 0 Å². The van der Waals surface area contributed by atoms with E-state index in [0.29, 0.717) is 17.4 Å². The van der Waals surface area contributed by atoms with Crippen LogP contribution in [-0.2, 0) is 4.74 Å². The summed E-state index contributed by atoms with van der Waals surface area (Å²) in [5.74, 6) is 0. The number of aliphatic hydroxyl groups excluding tert-OH is 1. The van der Waals surface area contributed by atoms with E-state index in [4.69, 9.17) is 4.74 Å². The Morgan fingerprint density at radius 2 is 1.41 bits per heavy atom. The van der Waals surface area contributed by atoms with Gasteiger partial charge in [0.15, 0.2) is 0 Å². The Bertz CT molecular complexity index is 249. The summed E-state index contributed by atoms with van der Waals surface area (Å²) < 4.78 is 5.42. The van der Waals surface area contributed by atoms with Crippen molar-refractivity contribution in [1.82, 2.24) is 4.90 Å². The number of fused-ring (bicyclic) bond motifs is 3. The van der Waals surface area contributed by atoms with Crippen LogP contribution in [0, 0.1) is 10.8 Å². The molecule has 0 atom stereocenters. The van der Waals surface area contributed by atoms with Crippen LogP contribution in [-0.4, -0.2) is 49.5 Å². The van der Waals surface area contributed by atoms with E-state index in [9.17, 15) is 5.11 Å². The lowest BCUT2D eigenvalue weighted by atomic mass is 9.54. The zero-order chi connectivity index (χ0) is 11.8. The monoisotopic (exact) mass is 239 g/mol. The Morgan fingerprint density at radius 1 is 0.882 bits per heavy atom. The molecule has 3 nitrogen and oxygen atoms in total. The molecule has 1 aliphatic heterocycles. The smallest absolute Gasteiger partial charge is 0.0594 e. The molecular weight excluding hydrogens is 214 g/mol. The van der Waals surface area contributed by atoms with Crippen LogP contribution in [0.4, 0.5) is 0 Å². The third-order valence-electron chi connectivity index (χ3n) is 5.56. The lowest BCUT2D eigenvalue weighted by Crippen LogP contribution is -2.50. The van der Waals surface area contributed by atoms with Gasteiger partial charge in [-0.3, -0.25) is 4.90 Å². The van der Waals surface area contributed by atoms with Crippen LogP contribution >= 0.6 is 0 Å². The zero-order valence-corrected chi connectivity index (χ0v) is 10.8. The van der Waals surface area contributed by atoms with E-state index in [1.54, 1.807) is 0 Å². The standard InChI is InChI=1S/C14H25NO2/c16-12-14-4-1-13(2-5-14,3-6-14)11-15-7-9-17-10-8-15/h16H,1-12H2. The lowest BCUT2D eigenvalue weighted by Gasteiger charge is -2.54. The van der Waals surface area contributed by atoms with E-state index in [0.717, 1.165) is 26.3 Å². The van der Waals surface area contributed by atoms with Gasteiger partial charge in [0.25, 0.3) is 0 Å². The van der Waals surface area contributed by atoms with Gasteiger partial charge in [0.05, 0.1) is 13.2 Å². The highest BCUT2D eigenvalue weighted by atomic mass is 16.5. The van der Waals surface area contributed by atoms with Crippen LogP contribution in [0.2, 0.25) is 0 Å². The van der Waals surface area contributed by atoms with Gasteiger partial charge in [-0.15, -0.1) is 0 Å². The number of hydrogen-bond acceptors (Lipinski definition) is 3. The minimum Gasteiger partial charge on any atom is -0.396 e. The molecule has 0 aromatic carbocycles. The Balaban J connectivity index is 1.60. The molecule has 1 saturated heterocycles. The molecule has 3 aliphatic carbocycles. The molecule has 4 fully saturated rings. The number of nitrogens with zero attached hydrogens (tertiary/aromatic N) is 1. The molecule has 17 heavy (non-hydrogen) atoms. The van der Waals surface area contributed by atoms with Crippen molar-refractivity contribution in [2.24, 2.45) is 10.8 Å². The molecular formula is C14H25NO2. The summed E-state index contributed by atoms with van der Waals surface area (Å²) in [6.45, 7) is 5.76. The summed E-state index contributed by atoms with van der Waals surface area (Å²) in [5, 5.41) is 9.54. The molecule has 4 rings (SSSR count). The molecule has 0 unspecified atom stereocenters. The molecule has 0 radical (unpaired) electrons. The van der Waals surface area contributed by atoms with E-state index < -0.39 is 0 Å². The number of aliphatic hydroxyl groups is 1. The van der Waals surface area contributed by atoms with Crippen molar-refractivity contribution >= 4 is 0 Å². The fourth-order valence-electron chi connectivity index (χ4n) is 4.05. The fraction of sp³-hybridized carbons (Fsp3) is 1.00. The van der Waals surface area contributed by atoms with Crippen molar-refractivity contribution in [2.45, 2.75) is 38.5 Å². The summed E-state index contributed by atoms with van der Waals surface area (Å²) >= 11 is 0. The second kappa shape index (κ2) is 4.52. The van der Waals surface area contributed by atoms with Crippen molar-refractivity contribution in [1.29, 1.82) is 0 Å². The summed E-state index contributed by atoms with van der Waals surface area (Å²) in [6, 6.07) is 0. The minimum atomic E-state index is 0.312. The maximum absolute atomic E-state index is 9.54. The predicted molar refractivity (Wildman–Crippen MR) is 66.9 cm³/mol. The van der Waals surface area contributed by atoms with E-state index in [2.05, 4.69) is 4.90 Å². The third-order valence-corrected chi connectivity index (χ3v) is 5.56. The van der Waals surface area contributed by atoms with Gasteiger partial charge in [0, 0.05) is 26.2 Å². The van der Waals surface area contributed by atoms with E-state index in [1.807, 2.05) is 0 Å². The topological polar surface area (TPSA) is 32.7 Å². The predicted octanol–water partition coefficient (Wildman–Crippen LogP) is 1.65. The first-order valence-corrected chi connectivity index (χ1v) is 7.17. The second-order valence-corrected chi connectivity index (χ2v) is 6.55. The molecule has 0 aromatic heterocycles. The van der Waals surface area contributed by atoms with E-state index in [-0.39, 0.29) is 0 Å². The second-order valence-electron chi connectivity index (χ2n) is 6.55. The molecule has 3 saturated carbocycles. The highest BCUT2D eigenvalue weighted by molar-refractivity contribution is 5.00. The third kappa shape index (κ3) is 2.25. The van der Waals surface area contributed by atoms with Crippen molar-refractivity contribution < 1.29 is 9.84 Å². The van der Waals surface area contributed by atoms with E-state index >= 15 is 0 Å². The molecule has 0 spiro atoms. The van der Waals surface area contributed by atoms with Crippen molar-refractivity contribution in [2.75, 3.05) is 39.5 Å². The zero-order valence-electron chi connectivity index (χ0n) is 10.8. The van der Waals surface area contributed by atoms with Crippen LogP contribution < -0.4 is 0 Å². The van der Waals surface area contributed by atoms with Crippen LogP contribution in [0.25, 0.3) is 0 Å². The number of rotatable bonds is 3. The first-order chi connectivity index (χ1) is 8.26. The molecule has 1 N–H and O–H groups in total. The van der Waals surface area contributed by atoms with Crippen LogP contribution in [0.3, 0.4) is 0 Å². The molecule has 0 aromatic rings. The number of morpholine rings is 1. The molecule has 98 valence electrons. The van der Waals surface area contributed by atoms with Crippen LogP contribution in [0.15, 0.2) is 0 Å². The molecule has 4 aliphatic rings. The van der Waals surface area contributed by atoms with Crippen LogP contribution in [0.1, 0.15) is 38.5 Å². The average molecular weight is 239 g/mol. The van der Waals surface area contributed by atoms with Crippen molar-refractivity contribution in [3.8, 4) is 0 Å². The Morgan fingerprint density at radius 3 is 1.94 bits per heavy atom. The molecule has 2 bridgehead atoms. The fourth-order valence-corrected chi connectivity index (χ4v) is 4.05. The van der Waals surface area contributed by atoms with Crippen molar-refractivity contribution in [3.05, 3.63) is 0 Å². The Kier molecular flexibility index (Phi) is 3.18. The molecule has 1 heterocycles. The highest BCUT2D eigenvalue weighted by Gasteiger charge is 2.48. The Labute approximate surface area is 104 Å². The maximum Gasteiger partial charge on any atom is 0.0594 e. The summed E-state index contributed by atoms with van der Waals surface area (Å²) in [5.41, 5.74) is 0.890. The SMILES string of the molecule is OCC12CCC(CN3CCOCC3)(CC1)CC2. The first-order valence-electron chi connectivity index (χ1n) is 7.17. The number of hydrogen-bond donors (Lipinski definition) is 1. The first kappa shape index (κ1) is 11.9. The lowest BCUT2D eigenvalue weighted by molar-refractivity contribution is -0.0682. The van der Waals surface area contributed by atoms with Gasteiger partial charge in [0.2, 0.25) is 0 Å². The van der Waals surface area contributed by atoms with Gasteiger partial charge < -0.3 is 9.84 Å². The number of ether oxygens (including phenoxy) is 1. The largest absolute Gasteiger partial charge is 0.396 e. The summed E-state index contributed by atoms with van der Waals surface area (Å²) in [6.07, 6.45) is 7.79. The molecule has 0 amide bonds. The average Bonchev–Trinajstić information content (AvgIpc) is 2.42.